The Bertz CT molecular complexity index is 2650. The Morgan fingerprint density at radius 3 is 1.01 bits per heavy atom. The van der Waals surface area contributed by atoms with Crippen LogP contribution in [0.3, 0.4) is 0 Å². The molecule has 0 amide bonds. The molecule has 0 saturated heterocycles. The van der Waals surface area contributed by atoms with E-state index in [0.29, 0.717) is 0 Å². The van der Waals surface area contributed by atoms with Gasteiger partial charge in [0.2, 0.25) is 0 Å². The van der Waals surface area contributed by atoms with Crippen molar-refractivity contribution in [2.24, 2.45) is 11.5 Å². The minimum atomic E-state index is 0.0631. The number of hydrogen-bond acceptors (Lipinski definition) is 8. The van der Waals surface area contributed by atoms with E-state index in [1.165, 1.54) is 235 Å². The Morgan fingerprint density at radius 2 is 0.653 bits per heavy atom. The van der Waals surface area contributed by atoms with E-state index < -0.39 is 0 Å². The zero-order chi connectivity index (χ0) is 50.1. The van der Waals surface area contributed by atoms with E-state index in [4.69, 9.17) is 11.5 Å². The van der Waals surface area contributed by atoms with E-state index in [1.54, 1.807) is 0 Å². The summed E-state index contributed by atoms with van der Waals surface area (Å²) in [6.45, 7) is 11.2. The summed E-state index contributed by atoms with van der Waals surface area (Å²) >= 11 is 7.61. The summed E-state index contributed by atoms with van der Waals surface area (Å²) in [6, 6.07) is 33.6. The molecule has 72 heavy (non-hydrogen) atoms. The average Bonchev–Trinajstić information content (AvgIpc) is 4.26. The van der Waals surface area contributed by atoms with Gasteiger partial charge in [-0.3, -0.25) is 0 Å². The first-order chi connectivity index (χ1) is 35.4. The topological polar surface area (TPSA) is 76.1 Å². The third-order valence-electron chi connectivity index (χ3n) is 15.1. The molecule has 8 aromatic rings. The minimum absolute atomic E-state index is 0.0631. The molecular formula is C64H86N4S4. The molecule has 4 aromatic heterocycles. The zero-order valence-corrected chi connectivity index (χ0v) is 47.7. The number of rotatable bonds is 34. The van der Waals surface area contributed by atoms with Gasteiger partial charge >= 0.3 is 0 Å². The second-order valence-corrected chi connectivity index (χ2v) is 25.2. The SMILES string of the molecule is CCCCCCCCNc1ccc(-c2cc(-c3ccc(C(N)CCCCCCC)s3)c3ccc4c(-c5ccc(C(N)CCCCCCC)s5)cc(-c5ccc(NCCCCCCCC)s5)c5ccc2c3c54)s1. The first-order valence-electron chi connectivity index (χ1n) is 28.6. The lowest BCUT2D eigenvalue weighted by atomic mass is 9.85. The summed E-state index contributed by atoms with van der Waals surface area (Å²) in [4.78, 5) is 7.81. The molecule has 386 valence electrons. The van der Waals surface area contributed by atoms with Crippen molar-refractivity contribution in [3.63, 3.8) is 0 Å². The fourth-order valence-electron chi connectivity index (χ4n) is 10.8. The zero-order valence-electron chi connectivity index (χ0n) is 44.4. The van der Waals surface area contributed by atoms with Gasteiger partial charge in [-0.1, -0.05) is 180 Å². The number of thiophene rings is 4. The molecule has 0 spiro atoms. The lowest BCUT2D eigenvalue weighted by Gasteiger charge is -2.20. The van der Waals surface area contributed by atoms with Gasteiger partial charge < -0.3 is 22.1 Å². The van der Waals surface area contributed by atoms with E-state index in [2.05, 4.69) is 123 Å². The summed E-state index contributed by atoms with van der Waals surface area (Å²) in [7, 11) is 0. The molecule has 6 N–H and O–H groups in total. The van der Waals surface area contributed by atoms with Crippen LogP contribution in [-0.4, -0.2) is 13.1 Å². The molecule has 0 aliphatic rings. The fraction of sp³-hybridized carbons (Fsp3) is 0.500. The van der Waals surface area contributed by atoms with Crippen molar-refractivity contribution in [3.8, 4) is 41.8 Å². The molecule has 4 aromatic carbocycles. The predicted molar refractivity (Wildman–Crippen MR) is 328 cm³/mol. The smallest absolute Gasteiger partial charge is 0.0888 e. The van der Waals surface area contributed by atoms with Crippen LogP contribution in [0.4, 0.5) is 10.0 Å². The van der Waals surface area contributed by atoms with Crippen LogP contribution in [0, 0.1) is 0 Å². The van der Waals surface area contributed by atoms with Crippen LogP contribution in [-0.2, 0) is 0 Å². The summed E-state index contributed by atoms with van der Waals surface area (Å²) in [6.07, 6.45) is 30.4. The highest BCUT2D eigenvalue weighted by Crippen LogP contribution is 2.52. The van der Waals surface area contributed by atoms with Gasteiger partial charge in [0.25, 0.3) is 0 Å². The molecule has 2 atom stereocenters. The molecule has 0 aliphatic carbocycles. The Kier molecular flexibility index (Phi) is 21.4. The van der Waals surface area contributed by atoms with Crippen LogP contribution in [0.2, 0.25) is 0 Å². The molecule has 2 unspecified atom stereocenters. The van der Waals surface area contributed by atoms with Crippen LogP contribution in [0.25, 0.3) is 74.1 Å². The van der Waals surface area contributed by atoms with Crippen LogP contribution in [0.15, 0.2) is 84.9 Å². The maximum absolute atomic E-state index is 6.99. The number of anilines is 2. The van der Waals surface area contributed by atoms with E-state index in [1.807, 2.05) is 45.3 Å². The largest absolute Gasteiger partial charge is 0.377 e. The van der Waals surface area contributed by atoms with Crippen molar-refractivity contribution in [2.45, 2.75) is 194 Å². The number of unbranched alkanes of at least 4 members (excludes halogenated alkanes) is 18. The number of benzene rings is 4. The quantitative estimate of drug-likeness (QED) is 0.0240. The lowest BCUT2D eigenvalue weighted by Crippen LogP contribution is -2.08. The third kappa shape index (κ3) is 13.9. The van der Waals surface area contributed by atoms with Crippen molar-refractivity contribution in [1.82, 2.24) is 0 Å². The molecule has 0 radical (unpaired) electrons. The number of nitrogens with two attached hydrogens (primary N) is 2. The maximum Gasteiger partial charge on any atom is 0.0888 e. The minimum Gasteiger partial charge on any atom is -0.377 e. The van der Waals surface area contributed by atoms with Gasteiger partial charge in [-0.05, 0) is 119 Å². The number of nitrogens with one attached hydrogen (secondary N) is 2. The second-order valence-electron chi connectivity index (χ2n) is 20.8. The van der Waals surface area contributed by atoms with E-state index >= 15 is 0 Å². The van der Waals surface area contributed by atoms with Crippen molar-refractivity contribution < 1.29 is 0 Å². The van der Waals surface area contributed by atoms with Crippen molar-refractivity contribution >= 4 is 87.7 Å². The molecule has 0 bridgehead atoms. The molecule has 8 rings (SSSR count). The molecule has 0 fully saturated rings. The van der Waals surface area contributed by atoms with E-state index in [0.717, 1.165) is 25.9 Å². The third-order valence-corrected chi connectivity index (χ3v) is 19.7. The molecular weight excluding hydrogens is 953 g/mol. The van der Waals surface area contributed by atoms with Gasteiger partial charge in [0.15, 0.2) is 0 Å². The Morgan fingerprint density at radius 1 is 0.347 bits per heavy atom. The highest BCUT2D eigenvalue weighted by molar-refractivity contribution is 7.20. The molecule has 4 nitrogen and oxygen atoms in total. The van der Waals surface area contributed by atoms with Crippen molar-refractivity contribution in [2.75, 3.05) is 23.7 Å². The predicted octanol–water partition coefficient (Wildman–Crippen LogP) is 21.8. The summed E-state index contributed by atoms with van der Waals surface area (Å²) in [5.74, 6) is 0. The van der Waals surface area contributed by atoms with E-state index in [9.17, 15) is 0 Å². The van der Waals surface area contributed by atoms with Gasteiger partial charge in [0, 0.05) is 76.7 Å². The van der Waals surface area contributed by atoms with Crippen LogP contribution in [0.1, 0.15) is 204 Å². The lowest BCUT2D eigenvalue weighted by molar-refractivity contribution is 0.559. The van der Waals surface area contributed by atoms with Crippen molar-refractivity contribution in [3.05, 3.63) is 94.7 Å². The molecule has 0 saturated carbocycles. The monoisotopic (exact) mass is 1040 g/mol. The Labute approximate surface area is 450 Å². The van der Waals surface area contributed by atoms with Crippen LogP contribution >= 0.6 is 45.3 Å². The molecule has 0 aliphatic heterocycles. The van der Waals surface area contributed by atoms with E-state index in [-0.39, 0.29) is 12.1 Å². The summed E-state index contributed by atoms with van der Waals surface area (Å²) < 4.78 is 0. The van der Waals surface area contributed by atoms with Gasteiger partial charge in [-0.25, -0.2) is 0 Å². The van der Waals surface area contributed by atoms with Crippen molar-refractivity contribution in [1.29, 1.82) is 0 Å². The summed E-state index contributed by atoms with van der Waals surface area (Å²) in [5.41, 5.74) is 19.2. The summed E-state index contributed by atoms with van der Waals surface area (Å²) in [5, 5.41) is 18.2. The van der Waals surface area contributed by atoms with Gasteiger partial charge in [0.1, 0.15) is 0 Å². The van der Waals surface area contributed by atoms with Gasteiger partial charge in [-0.15, -0.1) is 45.3 Å². The Hall–Kier alpha value is -3.76. The molecule has 4 heterocycles. The maximum atomic E-state index is 6.99. The highest BCUT2D eigenvalue weighted by Gasteiger charge is 2.24. The number of hydrogen-bond donors (Lipinski definition) is 4. The first kappa shape index (κ1) is 54.5. The van der Waals surface area contributed by atoms with Gasteiger partial charge in [-0.2, -0.15) is 0 Å². The fourth-order valence-corrected chi connectivity index (χ4v) is 14.9. The standard InChI is InChI=1S/C64H86N4S4/c1-5-9-13-17-21-25-41-67-61-39-37-57(71-61)51-43-49(55-33-35-59(69-55)53(65)27-23-19-15-11-7-3)45-29-30-46-50(56-34-36-60(70-56)54(66)28-24-20-16-12-8-4)44-52(48-32-31-47(51)63(45)64(46)48)58-38-40-62(72-58)68-42-26-22-18-14-10-6-2/h29-40,43-44,53-54,67-68H,5-28,41-42,65-66H2,1-4H3. The second kappa shape index (κ2) is 28.2. The van der Waals surface area contributed by atoms with Gasteiger partial charge in [0.05, 0.1) is 10.0 Å². The van der Waals surface area contributed by atoms with Crippen LogP contribution < -0.4 is 22.1 Å². The highest BCUT2D eigenvalue weighted by atomic mass is 32.1. The first-order valence-corrected chi connectivity index (χ1v) is 31.9. The normalized spacial score (nSPS) is 12.8. The van der Waals surface area contributed by atoms with Crippen LogP contribution in [0.5, 0.6) is 0 Å². The molecule has 8 heteroatoms. The average molecular weight is 1040 g/mol. The Balaban J connectivity index is 1.22.